The Morgan fingerprint density at radius 1 is 0.885 bits per heavy atom. The first-order chi connectivity index (χ1) is 12.3. The van der Waals surface area contributed by atoms with Gasteiger partial charge in [0.15, 0.2) is 5.79 Å². The zero-order chi connectivity index (χ0) is 17.0. The molecule has 0 aromatic heterocycles. The average molecular weight is 376 g/mol. The van der Waals surface area contributed by atoms with Crippen molar-refractivity contribution in [3.63, 3.8) is 0 Å². The van der Waals surface area contributed by atoms with E-state index < -0.39 is 0 Å². The molecule has 0 radical (unpaired) electrons. The molecule has 5 heteroatoms. The quantitative estimate of drug-likeness (QED) is 0.788. The van der Waals surface area contributed by atoms with Gasteiger partial charge in [0.1, 0.15) is 11.9 Å². The molecule has 2 aliphatic heterocycles. The highest BCUT2D eigenvalue weighted by molar-refractivity contribution is 5.85. The maximum Gasteiger partial charge on any atom is 0.170 e. The molecule has 2 aliphatic rings. The molecule has 2 aromatic carbocycles. The van der Waals surface area contributed by atoms with Crippen LogP contribution in [0.3, 0.4) is 0 Å². The maximum absolute atomic E-state index is 6.32. The smallest absolute Gasteiger partial charge is 0.170 e. The second kappa shape index (κ2) is 8.87. The SMILES string of the molecule is Cl.c1ccc(OC(CN2CCC3(CC2)OCCO3)c2ccccc2)cc1. The second-order valence-electron chi connectivity index (χ2n) is 6.74. The Balaban J connectivity index is 0.00000196. The first-order valence-corrected chi connectivity index (χ1v) is 9.10. The minimum absolute atomic E-state index is 0. The summed E-state index contributed by atoms with van der Waals surface area (Å²) in [6, 6.07) is 20.5. The molecule has 2 fully saturated rings. The van der Waals surface area contributed by atoms with Crippen LogP contribution in [0.5, 0.6) is 5.75 Å². The van der Waals surface area contributed by atoms with E-state index >= 15 is 0 Å². The van der Waals surface area contributed by atoms with Crippen LogP contribution in [0.25, 0.3) is 0 Å². The zero-order valence-electron chi connectivity index (χ0n) is 14.9. The number of halogens is 1. The fraction of sp³-hybridized carbons (Fsp3) is 0.429. The molecule has 2 saturated heterocycles. The van der Waals surface area contributed by atoms with Crippen molar-refractivity contribution >= 4 is 12.4 Å². The lowest BCUT2D eigenvalue weighted by Gasteiger charge is -2.38. The van der Waals surface area contributed by atoms with E-state index in [2.05, 4.69) is 29.2 Å². The van der Waals surface area contributed by atoms with Gasteiger partial charge in [-0.3, -0.25) is 4.90 Å². The van der Waals surface area contributed by atoms with Gasteiger partial charge >= 0.3 is 0 Å². The van der Waals surface area contributed by atoms with E-state index in [1.807, 2.05) is 36.4 Å². The third kappa shape index (κ3) is 4.57. The van der Waals surface area contributed by atoms with E-state index in [0.29, 0.717) is 0 Å². The Morgan fingerprint density at radius 3 is 2.08 bits per heavy atom. The van der Waals surface area contributed by atoms with E-state index in [1.54, 1.807) is 0 Å². The number of likely N-dealkylation sites (tertiary alicyclic amines) is 1. The van der Waals surface area contributed by atoms with Gasteiger partial charge < -0.3 is 14.2 Å². The minimum atomic E-state index is -0.320. The van der Waals surface area contributed by atoms with Gasteiger partial charge in [0.2, 0.25) is 0 Å². The van der Waals surface area contributed by atoms with Crippen molar-refractivity contribution < 1.29 is 14.2 Å². The highest BCUT2D eigenvalue weighted by Crippen LogP contribution is 2.32. The highest BCUT2D eigenvalue weighted by atomic mass is 35.5. The van der Waals surface area contributed by atoms with Gasteiger partial charge in [-0.2, -0.15) is 0 Å². The summed E-state index contributed by atoms with van der Waals surface area (Å²) in [6.45, 7) is 4.27. The van der Waals surface area contributed by atoms with Crippen molar-refractivity contribution in [3.8, 4) is 5.75 Å². The topological polar surface area (TPSA) is 30.9 Å². The van der Waals surface area contributed by atoms with E-state index in [9.17, 15) is 0 Å². The number of para-hydroxylation sites is 1. The molecule has 26 heavy (non-hydrogen) atoms. The monoisotopic (exact) mass is 375 g/mol. The molecular weight excluding hydrogens is 350 g/mol. The van der Waals surface area contributed by atoms with Gasteiger partial charge in [-0.05, 0) is 17.7 Å². The molecule has 0 bridgehead atoms. The summed E-state index contributed by atoms with van der Waals surface area (Å²) in [5.74, 6) is 0.589. The Hall–Kier alpha value is -1.59. The molecule has 0 aliphatic carbocycles. The molecule has 1 spiro atoms. The Labute approximate surface area is 161 Å². The van der Waals surface area contributed by atoms with Crippen molar-refractivity contribution in [2.45, 2.75) is 24.7 Å². The van der Waals surface area contributed by atoms with Crippen LogP contribution in [-0.2, 0) is 9.47 Å². The fourth-order valence-corrected chi connectivity index (χ4v) is 3.64. The van der Waals surface area contributed by atoms with Crippen LogP contribution in [0.2, 0.25) is 0 Å². The van der Waals surface area contributed by atoms with E-state index in [-0.39, 0.29) is 24.3 Å². The predicted octanol–water partition coefficient (Wildman–Crippen LogP) is 4.07. The first kappa shape index (κ1) is 19.2. The molecule has 2 aromatic rings. The van der Waals surface area contributed by atoms with E-state index in [1.165, 1.54) is 5.56 Å². The molecular formula is C21H26ClNO3. The van der Waals surface area contributed by atoms with Crippen LogP contribution < -0.4 is 4.74 Å². The fourth-order valence-electron chi connectivity index (χ4n) is 3.64. The zero-order valence-corrected chi connectivity index (χ0v) is 15.7. The Morgan fingerprint density at radius 2 is 1.46 bits per heavy atom. The lowest BCUT2D eigenvalue weighted by Crippen LogP contribution is -2.46. The molecule has 0 saturated carbocycles. The van der Waals surface area contributed by atoms with Crippen molar-refractivity contribution in [2.24, 2.45) is 0 Å². The number of piperidine rings is 1. The van der Waals surface area contributed by atoms with E-state index in [0.717, 1.165) is 51.4 Å². The van der Waals surface area contributed by atoms with Crippen molar-refractivity contribution in [2.75, 3.05) is 32.8 Å². The van der Waals surface area contributed by atoms with Gasteiger partial charge in [-0.15, -0.1) is 12.4 Å². The summed E-state index contributed by atoms with van der Waals surface area (Å²) in [5.41, 5.74) is 1.21. The van der Waals surface area contributed by atoms with Gasteiger partial charge in [0, 0.05) is 32.5 Å². The summed E-state index contributed by atoms with van der Waals surface area (Å²) >= 11 is 0. The number of benzene rings is 2. The molecule has 2 heterocycles. The molecule has 4 rings (SSSR count). The lowest BCUT2D eigenvalue weighted by molar-refractivity contribution is -0.186. The van der Waals surface area contributed by atoms with Crippen LogP contribution in [0.1, 0.15) is 24.5 Å². The number of rotatable bonds is 5. The molecule has 0 N–H and O–H groups in total. The molecule has 1 unspecified atom stereocenters. The van der Waals surface area contributed by atoms with Gasteiger partial charge in [0.05, 0.1) is 13.2 Å². The molecule has 0 amide bonds. The van der Waals surface area contributed by atoms with Crippen molar-refractivity contribution in [1.29, 1.82) is 0 Å². The number of ether oxygens (including phenoxy) is 3. The summed E-state index contributed by atoms with van der Waals surface area (Å²) in [7, 11) is 0. The number of nitrogens with zero attached hydrogens (tertiary/aromatic N) is 1. The normalized spacial score (nSPS) is 20.5. The maximum atomic E-state index is 6.32. The van der Waals surface area contributed by atoms with Gasteiger partial charge in [-0.1, -0.05) is 48.5 Å². The first-order valence-electron chi connectivity index (χ1n) is 9.10. The number of hydrogen-bond donors (Lipinski definition) is 0. The van der Waals surface area contributed by atoms with Crippen LogP contribution in [0.15, 0.2) is 60.7 Å². The molecule has 1 atom stereocenters. The standard InChI is InChI=1S/C21H25NO3.ClH/c1-3-7-18(8-4-1)20(25-19-9-5-2-6-10-19)17-22-13-11-21(12-14-22)23-15-16-24-21;/h1-10,20H,11-17H2;1H. The third-order valence-electron chi connectivity index (χ3n) is 5.05. The van der Waals surface area contributed by atoms with E-state index in [4.69, 9.17) is 14.2 Å². The van der Waals surface area contributed by atoms with Gasteiger partial charge in [-0.25, -0.2) is 0 Å². The Kier molecular flexibility index (Phi) is 6.54. The van der Waals surface area contributed by atoms with Crippen LogP contribution in [-0.4, -0.2) is 43.5 Å². The summed E-state index contributed by atoms with van der Waals surface area (Å²) in [4.78, 5) is 2.46. The molecule has 4 nitrogen and oxygen atoms in total. The highest BCUT2D eigenvalue weighted by Gasteiger charge is 2.40. The summed E-state index contributed by atoms with van der Waals surface area (Å²) in [5, 5.41) is 0. The summed E-state index contributed by atoms with van der Waals surface area (Å²) < 4.78 is 18.0. The average Bonchev–Trinajstić information content (AvgIpc) is 3.13. The largest absolute Gasteiger partial charge is 0.484 e. The summed E-state index contributed by atoms with van der Waals surface area (Å²) in [6.07, 6.45) is 1.88. The van der Waals surface area contributed by atoms with Crippen LogP contribution in [0, 0.1) is 0 Å². The minimum Gasteiger partial charge on any atom is -0.484 e. The molecule has 140 valence electrons. The third-order valence-corrected chi connectivity index (χ3v) is 5.05. The van der Waals surface area contributed by atoms with Crippen molar-refractivity contribution in [3.05, 3.63) is 66.2 Å². The van der Waals surface area contributed by atoms with Crippen LogP contribution >= 0.6 is 12.4 Å². The number of hydrogen-bond acceptors (Lipinski definition) is 4. The lowest BCUT2D eigenvalue weighted by atomic mass is 10.0. The predicted molar refractivity (Wildman–Crippen MR) is 104 cm³/mol. The van der Waals surface area contributed by atoms with Gasteiger partial charge in [0.25, 0.3) is 0 Å². The second-order valence-corrected chi connectivity index (χ2v) is 6.74. The van der Waals surface area contributed by atoms with Crippen LogP contribution in [0.4, 0.5) is 0 Å². The van der Waals surface area contributed by atoms with Crippen molar-refractivity contribution in [1.82, 2.24) is 4.90 Å². The Bertz CT molecular complexity index is 651.